The number of aliphatic carboxylic acids is 1. The Bertz CT molecular complexity index is 923. The van der Waals surface area contributed by atoms with Gasteiger partial charge in [0.1, 0.15) is 0 Å². The van der Waals surface area contributed by atoms with E-state index < -0.39 is 30.0 Å². The van der Waals surface area contributed by atoms with Crippen molar-refractivity contribution >= 4 is 22.8 Å². The second-order valence-electron chi connectivity index (χ2n) is 5.07. The molecule has 1 N–H and O–H groups in total. The lowest BCUT2D eigenvalue weighted by atomic mass is 10.0. The average Bonchev–Trinajstić information content (AvgIpc) is 3.13. The minimum Gasteiger partial charge on any atom is -0.481 e. The lowest BCUT2D eigenvalue weighted by Gasteiger charge is -2.09. The highest BCUT2D eigenvalue weighted by atomic mass is 19.4. The quantitative estimate of drug-likeness (QED) is 0.793. The molecule has 1 aromatic carbocycles. The third-order valence-electron chi connectivity index (χ3n) is 3.51. The zero-order valence-corrected chi connectivity index (χ0v) is 12.0. The number of hydrogen-bond acceptors (Lipinski definition) is 3. The Hall–Kier alpha value is -3.03. The van der Waals surface area contributed by atoms with Crippen LogP contribution in [0.15, 0.2) is 47.2 Å². The molecule has 0 saturated carbocycles. The maximum absolute atomic E-state index is 13.3. The van der Waals surface area contributed by atoms with E-state index in [1.807, 2.05) is 0 Å². The molecule has 5 nitrogen and oxygen atoms in total. The molecule has 3 aromatic rings. The summed E-state index contributed by atoms with van der Waals surface area (Å²) in [4.78, 5) is 23.4. The Morgan fingerprint density at radius 2 is 1.92 bits per heavy atom. The number of carbonyl (C=O) groups excluding carboxylic acids is 1. The van der Waals surface area contributed by atoms with Crippen molar-refractivity contribution in [3.05, 3.63) is 59.7 Å². The number of benzene rings is 1. The van der Waals surface area contributed by atoms with Crippen molar-refractivity contribution in [2.75, 3.05) is 0 Å². The number of rotatable bonds is 3. The summed E-state index contributed by atoms with van der Waals surface area (Å²) in [6, 6.07) is 6.20. The zero-order valence-electron chi connectivity index (χ0n) is 12.0. The minimum atomic E-state index is -4.67. The van der Waals surface area contributed by atoms with Crippen LogP contribution in [0, 0.1) is 0 Å². The van der Waals surface area contributed by atoms with E-state index in [0.717, 1.165) is 16.8 Å². The summed E-state index contributed by atoms with van der Waals surface area (Å²) in [5.41, 5.74) is -1.10. The SMILES string of the molecule is O=C(O)Cc1cn(C(=O)c2ccco2)c2cccc(C(F)(F)F)c12. The van der Waals surface area contributed by atoms with Crippen LogP contribution in [0.4, 0.5) is 13.2 Å². The second kappa shape index (κ2) is 5.55. The standard InChI is InChI=1S/C16H10F3NO4/c17-16(18,19)10-3-1-4-11-14(10)9(7-13(21)22)8-20(11)15(23)12-5-2-6-24-12/h1-6,8H,7H2,(H,21,22). The molecular formula is C16H10F3NO4. The maximum atomic E-state index is 13.3. The van der Waals surface area contributed by atoms with Crippen molar-refractivity contribution in [2.24, 2.45) is 0 Å². The van der Waals surface area contributed by atoms with Gasteiger partial charge in [-0.3, -0.25) is 14.2 Å². The summed E-state index contributed by atoms with van der Waals surface area (Å²) in [6.45, 7) is 0. The monoisotopic (exact) mass is 337 g/mol. The Balaban J connectivity index is 2.29. The molecule has 0 unspecified atom stereocenters. The molecule has 0 fully saturated rings. The number of carboxylic acids is 1. The summed E-state index contributed by atoms with van der Waals surface area (Å²) in [5.74, 6) is -2.04. The highest BCUT2D eigenvalue weighted by Gasteiger charge is 2.35. The number of fused-ring (bicyclic) bond motifs is 1. The first kappa shape index (κ1) is 15.9. The van der Waals surface area contributed by atoms with Gasteiger partial charge in [0, 0.05) is 11.6 Å². The van der Waals surface area contributed by atoms with Crippen LogP contribution in [0.25, 0.3) is 10.9 Å². The number of carboxylic acid groups (broad SMARTS) is 1. The fraction of sp³-hybridized carbons (Fsp3) is 0.125. The molecule has 0 radical (unpaired) electrons. The van der Waals surface area contributed by atoms with E-state index in [2.05, 4.69) is 0 Å². The Labute approximate surface area is 132 Å². The van der Waals surface area contributed by atoms with E-state index in [1.54, 1.807) is 0 Å². The smallest absolute Gasteiger partial charge is 0.417 e. The van der Waals surface area contributed by atoms with Crippen molar-refractivity contribution in [3.63, 3.8) is 0 Å². The topological polar surface area (TPSA) is 72.4 Å². The molecule has 0 spiro atoms. The van der Waals surface area contributed by atoms with Crippen molar-refractivity contribution in [1.29, 1.82) is 0 Å². The normalized spacial score (nSPS) is 11.8. The molecule has 0 amide bonds. The van der Waals surface area contributed by atoms with Crippen LogP contribution in [0.5, 0.6) is 0 Å². The molecule has 8 heteroatoms. The van der Waals surface area contributed by atoms with Crippen molar-refractivity contribution in [1.82, 2.24) is 4.57 Å². The second-order valence-corrected chi connectivity index (χ2v) is 5.07. The third-order valence-corrected chi connectivity index (χ3v) is 3.51. The predicted molar refractivity (Wildman–Crippen MR) is 76.7 cm³/mol. The van der Waals surface area contributed by atoms with Crippen LogP contribution < -0.4 is 0 Å². The first-order valence-corrected chi connectivity index (χ1v) is 6.79. The molecule has 0 saturated heterocycles. The van der Waals surface area contributed by atoms with Gasteiger partial charge in [0.25, 0.3) is 5.91 Å². The average molecular weight is 337 g/mol. The largest absolute Gasteiger partial charge is 0.481 e. The van der Waals surface area contributed by atoms with E-state index >= 15 is 0 Å². The molecule has 0 aliphatic carbocycles. The third kappa shape index (κ3) is 2.66. The number of carbonyl (C=O) groups is 2. The summed E-state index contributed by atoms with van der Waals surface area (Å²) in [6.07, 6.45) is -2.94. The van der Waals surface area contributed by atoms with Crippen molar-refractivity contribution < 1.29 is 32.3 Å². The fourth-order valence-corrected chi connectivity index (χ4v) is 2.59. The van der Waals surface area contributed by atoms with Crippen LogP contribution in [-0.4, -0.2) is 21.6 Å². The number of furan rings is 1. The van der Waals surface area contributed by atoms with Crippen LogP contribution in [0.3, 0.4) is 0 Å². The van der Waals surface area contributed by atoms with Gasteiger partial charge in [-0.1, -0.05) is 6.07 Å². The molecule has 2 heterocycles. The van der Waals surface area contributed by atoms with Crippen LogP contribution in [-0.2, 0) is 17.4 Å². The number of nitrogens with zero attached hydrogens (tertiary/aromatic N) is 1. The lowest BCUT2D eigenvalue weighted by Crippen LogP contribution is -2.10. The number of alkyl halides is 3. The number of hydrogen-bond donors (Lipinski definition) is 1. The van der Waals surface area contributed by atoms with Crippen molar-refractivity contribution in [2.45, 2.75) is 12.6 Å². The highest BCUT2D eigenvalue weighted by molar-refractivity contribution is 6.03. The van der Waals surface area contributed by atoms with E-state index in [4.69, 9.17) is 9.52 Å². The molecule has 0 bridgehead atoms. The molecule has 0 aliphatic rings. The molecule has 0 aliphatic heterocycles. The minimum absolute atomic E-state index is 0.0255. The fourth-order valence-electron chi connectivity index (χ4n) is 2.59. The van der Waals surface area contributed by atoms with Gasteiger partial charge in [-0.2, -0.15) is 13.2 Å². The van der Waals surface area contributed by atoms with E-state index in [-0.39, 0.29) is 22.2 Å². The Morgan fingerprint density at radius 1 is 1.17 bits per heavy atom. The zero-order chi connectivity index (χ0) is 17.5. The van der Waals surface area contributed by atoms with Crippen LogP contribution >= 0.6 is 0 Å². The van der Waals surface area contributed by atoms with Gasteiger partial charge in [0.15, 0.2) is 5.76 Å². The molecule has 3 rings (SSSR count). The summed E-state index contributed by atoms with van der Waals surface area (Å²) in [5, 5.41) is 8.66. The highest BCUT2D eigenvalue weighted by Crippen LogP contribution is 2.37. The Morgan fingerprint density at radius 3 is 2.50 bits per heavy atom. The van der Waals surface area contributed by atoms with Gasteiger partial charge in [-0.15, -0.1) is 0 Å². The van der Waals surface area contributed by atoms with Gasteiger partial charge < -0.3 is 9.52 Å². The molecule has 24 heavy (non-hydrogen) atoms. The summed E-state index contributed by atoms with van der Waals surface area (Å²) < 4.78 is 45.7. The molecule has 124 valence electrons. The number of halogens is 3. The van der Waals surface area contributed by atoms with E-state index in [0.29, 0.717) is 0 Å². The maximum Gasteiger partial charge on any atom is 0.417 e. The Kier molecular flexibility index (Phi) is 3.67. The van der Waals surface area contributed by atoms with Crippen LogP contribution in [0.1, 0.15) is 21.7 Å². The van der Waals surface area contributed by atoms with E-state index in [1.165, 1.54) is 30.5 Å². The van der Waals surface area contributed by atoms with Gasteiger partial charge >= 0.3 is 12.1 Å². The summed E-state index contributed by atoms with van der Waals surface area (Å²) in [7, 11) is 0. The first-order chi connectivity index (χ1) is 11.3. The first-order valence-electron chi connectivity index (χ1n) is 6.79. The molecule has 0 atom stereocenters. The van der Waals surface area contributed by atoms with Gasteiger partial charge in [0.2, 0.25) is 0 Å². The summed E-state index contributed by atoms with van der Waals surface area (Å²) >= 11 is 0. The lowest BCUT2D eigenvalue weighted by molar-refractivity contribution is -0.137. The van der Waals surface area contributed by atoms with Gasteiger partial charge in [-0.05, 0) is 29.8 Å². The molecule has 2 aromatic heterocycles. The van der Waals surface area contributed by atoms with Crippen molar-refractivity contribution in [3.8, 4) is 0 Å². The number of aromatic nitrogens is 1. The molecular weight excluding hydrogens is 327 g/mol. The van der Waals surface area contributed by atoms with Gasteiger partial charge in [0.05, 0.1) is 23.8 Å². The van der Waals surface area contributed by atoms with Gasteiger partial charge in [-0.25, -0.2) is 0 Å². The van der Waals surface area contributed by atoms with Crippen LogP contribution in [0.2, 0.25) is 0 Å². The van der Waals surface area contributed by atoms with E-state index in [9.17, 15) is 22.8 Å². The predicted octanol–water partition coefficient (Wildman–Crippen LogP) is 3.57.